The van der Waals surface area contributed by atoms with Gasteiger partial charge in [0.05, 0.1) is 12.2 Å². The summed E-state index contributed by atoms with van der Waals surface area (Å²) in [5.41, 5.74) is 0. The SMILES string of the molecule is C=CC1CCC(CCC2CCC(C3CCC(CCC)O3)CC2)CC1. The first kappa shape index (κ1) is 18.5. The highest BCUT2D eigenvalue weighted by molar-refractivity contribution is 4.86. The molecule has 138 valence electrons. The van der Waals surface area contributed by atoms with Crippen LogP contribution in [0.15, 0.2) is 12.7 Å². The number of rotatable bonds is 7. The van der Waals surface area contributed by atoms with E-state index in [0.717, 1.165) is 23.7 Å². The van der Waals surface area contributed by atoms with Crippen molar-refractivity contribution in [1.29, 1.82) is 0 Å². The molecule has 0 bridgehead atoms. The summed E-state index contributed by atoms with van der Waals surface area (Å²) in [4.78, 5) is 0. The van der Waals surface area contributed by atoms with Crippen molar-refractivity contribution in [2.24, 2.45) is 23.7 Å². The van der Waals surface area contributed by atoms with Gasteiger partial charge in [-0.25, -0.2) is 0 Å². The summed E-state index contributed by atoms with van der Waals surface area (Å²) < 4.78 is 6.34. The summed E-state index contributed by atoms with van der Waals surface area (Å²) in [6.45, 7) is 6.26. The van der Waals surface area contributed by atoms with E-state index in [1.165, 1.54) is 89.9 Å². The Morgan fingerprint density at radius 2 is 1.42 bits per heavy atom. The van der Waals surface area contributed by atoms with Gasteiger partial charge in [0.15, 0.2) is 0 Å². The molecule has 1 nitrogen and oxygen atoms in total. The molecule has 0 radical (unpaired) electrons. The highest BCUT2D eigenvalue weighted by Gasteiger charge is 2.33. The van der Waals surface area contributed by atoms with Crippen LogP contribution < -0.4 is 0 Å². The maximum atomic E-state index is 6.34. The van der Waals surface area contributed by atoms with E-state index < -0.39 is 0 Å². The molecule has 2 unspecified atom stereocenters. The first-order valence-electron chi connectivity index (χ1n) is 11.1. The van der Waals surface area contributed by atoms with Crippen LogP contribution in [0.5, 0.6) is 0 Å². The van der Waals surface area contributed by atoms with Gasteiger partial charge in [-0.15, -0.1) is 6.58 Å². The van der Waals surface area contributed by atoms with Crippen LogP contribution >= 0.6 is 0 Å². The van der Waals surface area contributed by atoms with Crippen LogP contribution in [0.3, 0.4) is 0 Å². The highest BCUT2D eigenvalue weighted by Crippen LogP contribution is 2.40. The molecule has 0 N–H and O–H groups in total. The van der Waals surface area contributed by atoms with E-state index in [2.05, 4.69) is 19.6 Å². The normalized spacial score (nSPS) is 40.5. The van der Waals surface area contributed by atoms with E-state index in [4.69, 9.17) is 4.74 Å². The largest absolute Gasteiger partial charge is 0.375 e. The van der Waals surface area contributed by atoms with E-state index in [-0.39, 0.29) is 0 Å². The topological polar surface area (TPSA) is 9.23 Å². The van der Waals surface area contributed by atoms with Crippen LogP contribution in [0.25, 0.3) is 0 Å². The van der Waals surface area contributed by atoms with Gasteiger partial charge in [-0.1, -0.05) is 45.1 Å². The fraction of sp³-hybridized carbons (Fsp3) is 0.913. The van der Waals surface area contributed by atoms with Crippen LogP contribution in [0.4, 0.5) is 0 Å². The van der Waals surface area contributed by atoms with Crippen molar-refractivity contribution >= 4 is 0 Å². The van der Waals surface area contributed by atoms with Crippen molar-refractivity contribution in [2.45, 2.75) is 109 Å². The minimum atomic E-state index is 0.586. The molecule has 2 aliphatic carbocycles. The van der Waals surface area contributed by atoms with Crippen LogP contribution in [0.1, 0.15) is 96.8 Å². The number of hydrogen-bond donors (Lipinski definition) is 0. The number of hydrogen-bond acceptors (Lipinski definition) is 1. The number of allylic oxidation sites excluding steroid dienone is 1. The molecule has 0 aromatic heterocycles. The molecule has 3 rings (SSSR count). The van der Waals surface area contributed by atoms with Crippen molar-refractivity contribution in [3.05, 3.63) is 12.7 Å². The molecule has 3 aliphatic rings. The lowest BCUT2D eigenvalue weighted by Gasteiger charge is -2.33. The van der Waals surface area contributed by atoms with Crippen LogP contribution in [-0.4, -0.2) is 12.2 Å². The van der Waals surface area contributed by atoms with Gasteiger partial charge in [0.2, 0.25) is 0 Å². The Labute approximate surface area is 150 Å². The molecule has 1 heteroatoms. The van der Waals surface area contributed by atoms with Crippen molar-refractivity contribution in [2.75, 3.05) is 0 Å². The zero-order chi connectivity index (χ0) is 16.8. The zero-order valence-electron chi connectivity index (χ0n) is 16.1. The molecule has 0 spiro atoms. The quantitative estimate of drug-likeness (QED) is 0.460. The summed E-state index contributed by atoms with van der Waals surface area (Å²) >= 11 is 0. The maximum Gasteiger partial charge on any atom is 0.0608 e. The lowest BCUT2D eigenvalue weighted by Crippen LogP contribution is -2.26. The maximum absolute atomic E-state index is 6.34. The average Bonchev–Trinajstić information content (AvgIpc) is 3.10. The second-order valence-corrected chi connectivity index (χ2v) is 9.04. The molecule has 1 aliphatic heterocycles. The van der Waals surface area contributed by atoms with Gasteiger partial charge in [0.25, 0.3) is 0 Å². The van der Waals surface area contributed by atoms with Gasteiger partial charge >= 0.3 is 0 Å². The first-order valence-corrected chi connectivity index (χ1v) is 11.1. The zero-order valence-corrected chi connectivity index (χ0v) is 16.1. The van der Waals surface area contributed by atoms with E-state index in [0.29, 0.717) is 12.2 Å². The predicted octanol–water partition coefficient (Wildman–Crippen LogP) is 6.91. The van der Waals surface area contributed by atoms with Crippen LogP contribution in [-0.2, 0) is 4.74 Å². The molecule has 1 saturated heterocycles. The van der Waals surface area contributed by atoms with Gasteiger partial charge in [0.1, 0.15) is 0 Å². The molecular weight excluding hydrogens is 292 g/mol. The molecule has 2 saturated carbocycles. The fourth-order valence-electron chi connectivity index (χ4n) is 5.65. The Kier molecular flexibility index (Phi) is 7.25. The second-order valence-electron chi connectivity index (χ2n) is 9.04. The lowest BCUT2D eigenvalue weighted by molar-refractivity contribution is -0.00757. The van der Waals surface area contributed by atoms with E-state index in [9.17, 15) is 0 Å². The fourth-order valence-corrected chi connectivity index (χ4v) is 5.65. The Bertz CT molecular complexity index is 360. The summed E-state index contributed by atoms with van der Waals surface area (Å²) in [5.74, 6) is 3.74. The molecule has 3 fully saturated rings. The number of ether oxygens (including phenoxy) is 1. The van der Waals surface area contributed by atoms with Crippen molar-refractivity contribution in [3.63, 3.8) is 0 Å². The van der Waals surface area contributed by atoms with E-state index in [1.54, 1.807) is 0 Å². The van der Waals surface area contributed by atoms with E-state index >= 15 is 0 Å². The summed E-state index contributed by atoms with van der Waals surface area (Å²) in [7, 11) is 0. The Hall–Kier alpha value is -0.300. The van der Waals surface area contributed by atoms with E-state index in [1.807, 2.05) is 0 Å². The third-order valence-corrected chi connectivity index (χ3v) is 7.38. The molecule has 0 aromatic carbocycles. The Morgan fingerprint density at radius 3 is 2.00 bits per heavy atom. The summed E-state index contributed by atoms with van der Waals surface area (Å²) in [5, 5.41) is 0. The minimum absolute atomic E-state index is 0.586. The average molecular weight is 333 g/mol. The van der Waals surface area contributed by atoms with Crippen molar-refractivity contribution in [1.82, 2.24) is 0 Å². The molecular formula is C23H40O. The van der Waals surface area contributed by atoms with Crippen molar-refractivity contribution in [3.8, 4) is 0 Å². The van der Waals surface area contributed by atoms with Gasteiger partial charge in [-0.05, 0) is 81.5 Å². The second kappa shape index (κ2) is 9.41. The molecule has 0 amide bonds. The predicted molar refractivity (Wildman–Crippen MR) is 103 cm³/mol. The third-order valence-electron chi connectivity index (χ3n) is 7.38. The molecule has 1 heterocycles. The highest BCUT2D eigenvalue weighted by atomic mass is 16.5. The van der Waals surface area contributed by atoms with Gasteiger partial charge in [-0.2, -0.15) is 0 Å². The van der Waals surface area contributed by atoms with Crippen molar-refractivity contribution < 1.29 is 4.74 Å². The van der Waals surface area contributed by atoms with Gasteiger partial charge in [0, 0.05) is 0 Å². The van der Waals surface area contributed by atoms with Crippen LogP contribution in [0.2, 0.25) is 0 Å². The molecule has 24 heavy (non-hydrogen) atoms. The summed E-state index contributed by atoms with van der Waals surface area (Å²) in [6, 6.07) is 0. The lowest BCUT2D eigenvalue weighted by atomic mass is 9.74. The van der Waals surface area contributed by atoms with Gasteiger partial charge in [-0.3, -0.25) is 0 Å². The van der Waals surface area contributed by atoms with Crippen LogP contribution in [0, 0.1) is 23.7 Å². The Morgan fingerprint density at radius 1 is 0.792 bits per heavy atom. The van der Waals surface area contributed by atoms with Gasteiger partial charge < -0.3 is 4.74 Å². The third kappa shape index (κ3) is 5.10. The molecule has 2 atom stereocenters. The smallest absolute Gasteiger partial charge is 0.0608 e. The summed E-state index contributed by atoms with van der Waals surface area (Å²) in [6.07, 6.45) is 23.2. The standard InChI is InChI=1S/C23H40O/c1-3-5-22-16-17-23(24-22)21-14-12-20(13-15-21)11-10-19-8-6-18(4-2)7-9-19/h4,18-23H,2-3,5-17H2,1H3. The monoisotopic (exact) mass is 332 g/mol. The Balaban J connectivity index is 1.30. The first-order chi connectivity index (χ1) is 11.8. The molecule has 0 aromatic rings. The minimum Gasteiger partial charge on any atom is -0.375 e.